The molecule has 14 heavy (non-hydrogen) atoms. The van der Waals surface area contributed by atoms with Gasteiger partial charge in [-0.3, -0.25) is 4.98 Å². The van der Waals surface area contributed by atoms with E-state index in [2.05, 4.69) is 21.4 Å². The van der Waals surface area contributed by atoms with E-state index >= 15 is 0 Å². The van der Waals surface area contributed by atoms with Crippen molar-refractivity contribution in [2.75, 3.05) is 13.6 Å². The number of halogens is 1. The summed E-state index contributed by atoms with van der Waals surface area (Å²) in [5, 5.41) is 3.77. The first-order valence-corrected chi connectivity index (χ1v) is 4.95. The van der Waals surface area contributed by atoms with Crippen molar-refractivity contribution in [3.8, 4) is 0 Å². The molecule has 0 atom stereocenters. The van der Waals surface area contributed by atoms with Gasteiger partial charge in [0.25, 0.3) is 0 Å². The van der Waals surface area contributed by atoms with Gasteiger partial charge >= 0.3 is 0 Å². The van der Waals surface area contributed by atoms with Gasteiger partial charge in [0.2, 0.25) is 0 Å². The van der Waals surface area contributed by atoms with Crippen LogP contribution in [0.25, 0.3) is 11.0 Å². The lowest BCUT2D eigenvalue weighted by molar-refractivity contribution is 0.781. The Labute approximate surface area is 87.5 Å². The van der Waals surface area contributed by atoms with Crippen molar-refractivity contribution in [1.29, 1.82) is 0 Å². The molecule has 2 aromatic heterocycles. The minimum Gasteiger partial charge on any atom is -0.357 e. The molecule has 0 fully saturated rings. The third-order valence-corrected chi connectivity index (χ3v) is 2.34. The number of hydrogen-bond donors (Lipinski definition) is 2. The van der Waals surface area contributed by atoms with Crippen molar-refractivity contribution in [1.82, 2.24) is 15.3 Å². The topological polar surface area (TPSA) is 40.7 Å². The average molecular weight is 210 g/mol. The van der Waals surface area contributed by atoms with Crippen LogP contribution in [0.3, 0.4) is 0 Å². The first kappa shape index (κ1) is 9.49. The average Bonchev–Trinajstić information content (AvgIpc) is 2.56. The number of aromatic amines is 1. The number of likely N-dealkylation sites (N-methyl/N-ethyl adjacent to an activating group) is 1. The molecule has 0 aliphatic carbocycles. The van der Waals surface area contributed by atoms with Crippen molar-refractivity contribution >= 4 is 22.6 Å². The molecule has 2 heterocycles. The van der Waals surface area contributed by atoms with Crippen LogP contribution in [-0.4, -0.2) is 23.6 Å². The summed E-state index contributed by atoms with van der Waals surface area (Å²) in [4.78, 5) is 7.51. The molecule has 2 aromatic rings. The summed E-state index contributed by atoms with van der Waals surface area (Å²) >= 11 is 5.84. The summed E-state index contributed by atoms with van der Waals surface area (Å²) in [6.07, 6.45) is 2.64. The van der Waals surface area contributed by atoms with Crippen LogP contribution in [0.1, 0.15) is 5.69 Å². The second-order valence-electron chi connectivity index (χ2n) is 3.23. The molecule has 2 rings (SSSR count). The predicted molar refractivity (Wildman–Crippen MR) is 58.7 cm³/mol. The fraction of sp³-hybridized carbons (Fsp3) is 0.300. The van der Waals surface area contributed by atoms with Crippen LogP contribution in [0.15, 0.2) is 18.3 Å². The number of aromatic nitrogens is 2. The van der Waals surface area contributed by atoms with E-state index in [1.807, 2.05) is 13.1 Å². The molecule has 0 unspecified atom stereocenters. The quantitative estimate of drug-likeness (QED) is 0.812. The summed E-state index contributed by atoms with van der Waals surface area (Å²) in [6.45, 7) is 0.959. The smallest absolute Gasteiger partial charge is 0.0882 e. The van der Waals surface area contributed by atoms with Crippen LogP contribution >= 0.6 is 11.6 Å². The van der Waals surface area contributed by atoms with E-state index in [1.54, 1.807) is 6.20 Å². The van der Waals surface area contributed by atoms with E-state index in [-0.39, 0.29) is 0 Å². The molecule has 74 valence electrons. The first-order chi connectivity index (χ1) is 6.79. The van der Waals surface area contributed by atoms with Gasteiger partial charge in [-0.2, -0.15) is 0 Å². The van der Waals surface area contributed by atoms with Crippen molar-refractivity contribution < 1.29 is 0 Å². The van der Waals surface area contributed by atoms with E-state index in [1.165, 1.54) is 5.69 Å². The second-order valence-corrected chi connectivity index (χ2v) is 3.67. The molecule has 0 spiro atoms. The molecule has 3 nitrogen and oxygen atoms in total. The summed E-state index contributed by atoms with van der Waals surface area (Å²) in [6, 6.07) is 3.95. The Balaban J connectivity index is 2.32. The minimum atomic E-state index is 0.666. The Hall–Kier alpha value is -1.06. The maximum Gasteiger partial charge on any atom is 0.0882 e. The highest BCUT2D eigenvalue weighted by Crippen LogP contribution is 2.17. The zero-order valence-corrected chi connectivity index (χ0v) is 8.73. The Kier molecular flexibility index (Phi) is 2.70. The van der Waals surface area contributed by atoms with Gasteiger partial charge in [0.1, 0.15) is 0 Å². The first-order valence-electron chi connectivity index (χ1n) is 4.57. The minimum absolute atomic E-state index is 0.666. The fourth-order valence-corrected chi connectivity index (χ4v) is 1.59. The molecule has 0 aliphatic heterocycles. The fourth-order valence-electron chi connectivity index (χ4n) is 1.43. The Morgan fingerprint density at radius 3 is 3.14 bits per heavy atom. The highest BCUT2D eigenvalue weighted by atomic mass is 35.5. The van der Waals surface area contributed by atoms with E-state index in [4.69, 9.17) is 11.6 Å². The van der Waals surface area contributed by atoms with Gasteiger partial charge in [-0.25, -0.2) is 0 Å². The number of H-pyrrole nitrogens is 1. The lowest BCUT2D eigenvalue weighted by Crippen LogP contribution is -2.10. The standard InChI is InChI=1S/C10H12ClN3/c1-12-3-2-8-5-9-10(14-8)4-7(11)6-13-9/h4-6,12,14H,2-3H2,1H3. The lowest BCUT2D eigenvalue weighted by Gasteiger charge is -1.94. The molecule has 0 aliphatic rings. The van der Waals surface area contributed by atoms with Crippen molar-refractivity contribution in [2.45, 2.75) is 6.42 Å². The van der Waals surface area contributed by atoms with Crippen LogP contribution < -0.4 is 5.32 Å². The predicted octanol–water partition coefficient (Wildman–Crippen LogP) is 1.98. The van der Waals surface area contributed by atoms with Crippen LogP contribution in [0.2, 0.25) is 5.02 Å². The molecule has 0 bridgehead atoms. The largest absolute Gasteiger partial charge is 0.357 e. The zero-order valence-electron chi connectivity index (χ0n) is 7.97. The molecule has 0 amide bonds. The van der Waals surface area contributed by atoms with Gasteiger partial charge in [0.15, 0.2) is 0 Å². The monoisotopic (exact) mass is 209 g/mol. The molecule has 0 saturated carbocycles. The van der Waals surface area contributed by atoms with E-state index in [9.17, 15) is 0 Å². The molecule has 4 heteroatoms. The van der Waals surface area contributed by atoms with Crippen LogP contribution in [-0.2, 0) is 6.42 Å². The third kappa shape index (κ3) is 1.89. The number of fused-ring (bicyclic) bond motifs is 1. The number of hydrogen-bond acceptors (Lipinski definition) is 2. The number of pyridine rings is 1. The molecule has 2 N–H and O–H groups in total. The van der Waals surface area contributed by atoms with Crippen molar-refractivity contribution in [2.24, 2.45) is 0 Å². The van der Waals surface area contributed by atoms with Gasteiger partial charge in [-0.05, 0) is 19.2 Å². The molecule has 0 radical (unpaired) electrons. The zero-order chi connectivity index (χ0) is 9.97. The van der Waals surface area contributed by atoms with Gasteiger partial charge in [-0.1, -0.05) is 11.6 Å². The van der Waals surface area contributed by atoms with Crippen molar-refractivity contribution in [3.05, 3.63) is 29.0 Å². The lowest BCUT2D eigenvalue weighted by atomic mass is 10.3. The van der Waals surface area contributed by atoms with Crippen molar-refractivity contribution in [3.63, 3.8) is 0 Å². The Bertz CT molecular complexity index is 436. The van der Waals surface area contributed by atoms with E-state index < -0.39 is 0 Å². The normalized spacial score (nSPS) is 11.0. The third-order valence-electron chi connectivity index (χ3n) is 2.14. The summed E-state index contributed by atoms with van der Waals surface area (Å²) in [5.74, 6) is 0. The summed E-state index contributed by atoms with van der Waals surface area (Å²) in [5.41, 5.74) is 3.16. The van der Waals surface area contributed by atoms with Gasteiger partial charge in [0.05, 0.1) is 16.1 Å². The molecule has 0 saturated heterocycles. The second kappa shape index (κ2) is 3.98. The number of rotatable bonds is 3. The Morgan fingerprint density at radius 1 is 1.50 bits per heavy atom. The summed E-state index contributed by atoms with van der Waals surface area (Å²) in [7, 11) is 1.94. The highest BCUT2D eigenvalue weighted by Gasteiger charge is 2.01. The maximum atomic E-state index is 5.84. The van der Waals surface area contributed by atoms with Crippen LogP contribution in [0.5, 0.6) is 0 Å². The highest BCUT2D eigenvalue weighted by molar-refractivity contribution is 6.31. The van der Waals surface area contributed by atoms with Crippen LogP contribution in [0.4, 0.5) is 0 Å². The Morgan fingerprint density at radius 2 is 2.36 bits per heavy atom. The van der Waals surface area contributed by atoms with Gasteiger partial charge < -0.3 is 10.3 Å². The van der Waals surface area contributed by atoms with Gasteiger partial charge in [0, 0.05) is 24.9 Å². The SMILES string of the molecule is CNCCc1cc2ncc(Cl)cc2[nH]1. The molecular formula is C10H12ClN3. The number of nitrogens with zero attached hydrogens (tertiary/aromatic N) is 1. The van der Waals surface area contributed by atoms with E-state index in [0.29, 0.717) is 5.02 Å². The maximum absolute atomic E-state index is 5.84. The molecular weight excluding hydrogens is 198 g/mol. The van der Waals surface area contributed by atoms with E-state index in [0.717, 1.165) is 24.0 Å². The van der Waals surface area contributed by atoms with Crippen LogP contribution in [0, 0.1) is 0 Å². The van der Waals surface area contributed by atoms with Gasteiger partial charge in [-0.15, -0.1) is 0 Å². The number of nitrogens with one attached hydrogen (secondary N) is 2. The summed E-state index contributed by atoms with van der Waals surface area (Å²) < 4.78 is 0. The molecule has 0 aromatic carbocycles.